The second-order valence-corrected chi connectivity index (χ2v) is 9.35. The van der Waals surface area contributed by atoms with Crippen LogP contribution >= 0.6 is 11.8 Å². The molecule has 5 nitrogen and oxygen atoms in total. The zero-order chi connectivity index (χ0) is 21.1. The number of carbonyl (C=O) groups is 1. The number of benzene rings is 1. The Bertz CT molecular complexity index is 896. The van der Waals surface area contributed by atoms with Crippen LogP contribution in [0.15, 0.2) is 34.2 Å². The molecule has 1 unspecified atom stereocenters. The molecule has 6 heteroatoms. The number of rotatable bonds is 7. The average Bonchev–Trinajstić information content (AvgIpc) is 2.62. The zero-order valence-corrected chi connectivity index (χ0v) is 18.4. The van der Waals surface area contributed by atoms with Gasteiger partial charge in [0.05, 0.1) is 0 Å². The van der Waals surface area contributed by atoms with Gasteiger partial charge in [0.15, 0.2) is 5.16 Å². The first-order valence-corrected chi connectivity index (χ1v) is 10.5. The summed E-state index contributed by atoms with van der Waals surface area (Å²) in [6.45, 7) is 10.3. The lowest BCUT2D eigenvalue weighted by Gasteiger charge is -2.19. The first kappa shape index (κ1) is 22.2. The molecule has 1 atom stereocenters. The van der Waals surface area contributed by atoms with Crippen LogP contribution in [0, 0.1) is 6.92 Å². The van der Waals surface area contributed by atoms with Crippen molar-refractivity contribution in [3.8, 4) is 0 Å². The molecule has 0 fully saturated rings. The molecule has 2 aromatic rings. The standard InChI is InChI=1S/C22H30N2O3S/c1-7-8-18(20(26)27)28-21-23-14(2)17(19(25)24(21)6)13-15-9-11-16(12-10-15)22(3,4)5/h9-12,18H,7-8,13H2,1-6H3,(H,26,27). The molecule has 0 spiro atoms. The predicted octanol–water partition coefficient (Wildman–Crippen LogP) is 4.32. The van der Waals surface area contributed by atoms with Gasteiger partial charge in [0.2, 0.25) is 0 Å². The molecule has 1 aromatic heterocycles. The van der Waals surface area contributed by atoms with E-state index in [1.165, 1.54) is 10.1 Å². The van der Waals surface area contributed by atoms with Crippen LogP contribution in [0.3, 0.4) is 0 Å². The molecular formula is C22H30N2O3S. The van der Waals surface area contributed by atoms with E-state index in [0.717, 1.165) is 23.7 Å². The second-order valence-electron chi connectivity index (χ2n) is 8.18. The number of carboxylic acid groups (broad SMARTS) is 1. The molecule has 0 amide bonds. The summed E-state index contributed by atoms with van der Waals surface area (Å²) in [5.41, 5.74) is 3.59. The predicted molar refractivity (Wildman–Crippen MR) is 114 cm³/mol. The van der Waals surface area contributed by atoms with Crippen LogP contribution in [0.25, 0.3) is 0 Å². The van der Waals surface area contributed by atoms with Crippen molar-refractivity contribution in [2.45, 2.75) is 69.7 Å². The van der Waals surface area contributed by atoms with Crippen LogP contribution in [0.4, 0.5) is 0 Å². The maximum atomic E-state index is 12.9. The molecule has 0 aliphatic heterocycles. The SMILES string of the molecule is CCCC(Sc1nc(C)c(Cc2ccc(C(C)(C)C)cc2)c(=O)n1C)C(=O)O. The van der Waals surface area contributed by atoms with Gasteiger partial charge in [0, 0.05) is 24.7 Å². The van der Waals surface area contributed by atoms with Gasteiger partial charge >= 0.3 is 5.97 Å². The van der Waals surface area contributed by atoms with Crippen LogP contribution in [0.1, 0.15) is 62.9 Å². The Balaban J connectivity index is 2.31. The molecule has 0 saturated heterocycles. The normalized spacial score (nSPS) is 12.8. The molecule has 0 bridgehead atoms. The van der Waals surface area contributed by atoms with E-state index in [2.05, 4.69) is 50.0 Å². The minimum absolute atomic E-state index is 0.0875. The minimum Gasteiger partial charge on any atom is -0.480 e. The number of carboxylic acids is 1. The highest BCUT2D eigenvalue weighted by Gasteiger charge is 2.22. The van der Waals surface area contributed by atoms with Gasteiger partial charge in [-0.1, -0.05) is 70.1 Å². The maximum absolute atomic E-state index is 12.9. The molecule has 152 valence electrons. The van der Waals surface area contributed by atoms with Gasteiger partial charge in [-0.15, -0.1) is 0 Å². The molecule has 0 aliphatic rings. The van der Waals surface area contributed by atoms with Crippen molar-refractivity contribution >= 4 is 17.7 Å². The summed E-state index contributed by atoms with van der Waals surface area (Å²) < 4.78 is 1.47. The molecule has 1 N–H and O–H groups in total. The third-order valence-corrected chi connectivity index (χ3v) is 6.12. The first-order chi connectivity index (χ1) is 13.0. The van der Waals surface area contributed by atoms with Gasteiger partial charge in [-0.25, -0.2) is 4.98 Å². The third-order valence-electron chi connectivity index (χ3n) is 4.82. The number of nitrogens with zero attached hydrogens (tertiary/aromatic N) is 2. The van der Waals surface area contributed by atoms with Crippen LogP contribution in [-0.4, -0.2) is 25.9 Å². The number of aromatic nitrogens is 2. The summed E-state index contributed by atoms with van der Waals surface area (Å²) in [6.07, 6.45) is 1.81. The summed E-state index contributed by atoms with van der Waals surface area (Å²) in [5, 5.41) is 9.24. The lowest BCUT2D eigenvalue weighted by molar-refractivity contribution is -0.136. The quantitative estimate of drug-likeness (QED) is 0.551. The number of aryl methyl sites for hydroxylation is 1. The van der Waals surface area contributed by atoms with Crippen LogP contribution in [0.5, 0.6) is 0 Å². The fraction of sp³-hybridized carbons (Fsp3) is 0.500. The van der Waals surface area contributed by atoms with E-state index in [9.17, 15) is 14.7 Å². The Kier molecular flexibility index (Phi) is 7.10. The van der Waals surface area contributed by atoms with E-state index < -0.39 is 11.2 Å². The van der Waals surface area contributed by atoms with E-state index >= 15 is 0 Å². The van der Waals surface area contributed by atoms with E-state index in [1.54, 1.807) is 7.05 Å². The van der Waals surface area contributed by atoms with Gasteiger partial charge in [0.1, 0.15) is 5.25 Å². The van der Waals surface area contributed by atoms with Crippen molar-refractivity contribution in [2.75, 3.05) is 0 Å². The Morgan fingerprint density at radius 1 is 1.25 bits per heavy atom. The van der Waals surface area contributed by atoms with Crippen molar-refractivity contribution in [1.82, 2.24) is 9.55 Å². The van der Waals surface area contributed by atoms with Crippen molar-refractivity contribution in [1.29, 1.82) is 0 Å². The fourth-order valence-corrected chi connectivity index (χ4v) is 4.13. The Morgan fingerprint density at radius 2 is 1.86 bits per heavy atom. The van der Waals surface area contributed by atoms with E-state index in [-0.39, 0.29) is 11.0 Å². The largest absolute Gasteiger partial charge is 0.480 e. The zero-order valence-electron chi connectivity index (χ0n) is 17.6. The van der Waals surface area contributed by atoms with E-state index in [4.69, 9.17) is 0 Å². The van der Waals surface area contributed by atoms with Crippen molar-refractivity contribution < 1.29 is 9.90 Å². The molecule has 1 aromatic carbocycles. The maximum Gasteiger partial charge on any atom is 0.317 e. The van der Waals surface area contributed by atoms with Gasteiger partial charge in [-0.05, 0) is 29.9 Å². The highest BCUT2D eigenvalue weighted by Crippen LogP contribution is 2.26. The molecular weight excluding hydrogens is 372 g/mol. The van der Waals surface area contributed by atoms with Gasteiger partial charge in [0.25, 0.3) is 5.56 Å². The monoisotopic (exact) mass is 402 g/mol. The molecule has 0 radical (unpaired) electrons. The Labute approximate surface area is 171 Å². The Morgan fingerprint density at radius 3 is 2.36 bits per heavy atom. The summed E-state index contributed by atoms with van der Waals surface area (Å²) in [5.74, 6) is -0.873. The number of hydrogen-bond acceptors (Lipinski definition) is 4. The van der Waals surface area contributed by atoms with Crippen molar-refractivity contribution in [3.05, 3.63) is 57.0 Å². The minimum atomic E-state index is -0.873. The average molecular weight is 403 g/mol. The summed E-state index contributed by atoms with van der Waals surface area (Å²) in [4.78, 5) is 28.9. The van der Waals surface area contributed by atoms with E-state index in [0.29, 0.717) is 29.3 Å². The Hall–Kier alpha value is -2.08. The topological polar surface area (TPSA) is 72.2 Å². The summed E-state index contributed by atoms with van der Waals surface area (Å²) in [7, 11) is 1.66. The lowest BCUT2D eigenvalue weighted by Crippen LogP contribution is -2.27. The van der Waals surface area contributed by atoms with E-state index in [1.807, 2.05) is 13.8 Å². The van der Waals surface area contributed by atoms with Crippen molar-refractivity contribution in [3.63, 3.8) is 0 Å². The molecule has 28 heavy (non-hydrogen) atoms. The smallest absolute Gasteiger partial charge is 0.317 e. The summed E-state index contributed by atoms with van der Waals surface area (Å²) in [6, 6.07) is 8.33. The first-order valence-electron chi connectivity index (χ1n) is 9.60. The third kappa shape index (κ3) is 5.25. The molecule has 1 heterocycles. The van der Waals surface area contributed by atoms with Crippen LogP contribution in [0.2, 0.25) is 0 Å². The number of hydrogen-bond donors (Lipinski definition) is 1. The highest BCUT2D eigenvalue weighted by atomic mass is 32.2. The molecule has 0 saturated carbocycles. The van der Waals surface area contributed by atoms with Crippen molar-refractivity contribution in [2.24, 2.45) is 7.05 Å². The van der Waals surface area contributed by atoms with Crippen LogP contribution in [-0.2, 0) is 23.7 Å². The molecule has 0 aliphatic carbocycles. The number of aliphatic carboxylic acids is 1. The summed E-state index contributed by atoms with van der Waals surface area (Å²) >= 11 is 1.15. The highest BCUT2D eigenvalue weighted by molar-refractivity contribution is 8.00. The van der Waals surface area contributed by atoms with Gasteiger partial charge < -0.3 is 5.11 Å². The second kappa shape index (κ2) is 8.95. The lowest BCUT2D eigenvalue weighted by atomic mass is 9.86. The van der Waals surface area contributed by atoms with Gasteiger partial charge in [-0.2, -0.15) is 0 Å². The fourth-order valence-electron chi connectivity index (χ4n) is 2.99. The van der Waals surface area contributed by atoms with Gasteiger partial charge in [-0.3, -0.25) is 14.2 Å². The molecule has 2 rings (SSSR count). The number of thioether (sulfide) groups is 1. The van der Waals surface area contributed by atoms with Crippen LogP contribution < -0.4 is 5.56 Å².